The van der Waals surface area contributed by atoms with Crippen LogP contribution in [0.25, 0.3) is 0 Å². The summed E-state index contributed by atoms with van der Waals surface area (Å²) in [5.74, 6) is -0.129. The van der Waals surface area contributed by atoms with E-state index in [4.69, 9.17) is 5.73 Å². The van der Waals surface area contributed by atoms with Gasteiger partial charge in [-0.05, 0) is 18.4 Å². The van der Waals surface area contributed by atoms with Crippen LogP contribution in [0.2, 0.25) is 0 Å². The number of nitrogens with zero attached hydrogens (tertiary/aromatic N) is 1. The Morgan fingerprint density at radius 2 is 1.81 bits per heavy atom. The molecule has 0 heterocycles. The summed E-state index contributed by atoms with van der Waals surface area (Å²) in [4.78, 5) is 21.9. The highest BCUT2D eigenvalue weighted by molar-refractivity contribution is 5.85. The van der Waals surface area contributed by atoms with E-state index >= 15 is 0 Å². The molecule has 3 N–H and O–H groups in total. The molecule has 0 aliphatic carbocycles. The third kappa shape index (κ3) is 6.10. The minimum absolute atomic E-state index is 0. The Labute approximate surface area is 130 Å². The molecule has 1 amide bonds. The van der Waals surface area contributed by atoms with Gasteiger partial charge < -0.3 is 11.1 Å². The van der Waals surface area contributed by atoms with Crippen LogP contribution in [0.4, 0.5) is 5.69 Å². The number of amides is 1. The molecule has 1 aromatic rings. The number of nitrogens with one attached hydrogen (secondary N) is 1. The molecule has 1 aromatic carbocycles. The molecule has 0 atom stereocenters. The molecule has 0 bridgehead atoms. The van der Waals surface area contributed by atoms with Crippen LogP contribution in [-0.4, -0.2) is 22.9 Å². The Kier molecular flexibility index (Phi) is 7.91. The molecule has 21 heavy (non-hydrogen) atoms. The van der Waals surface area contributed by atoms with Gasteiger partial charge in [-0.2, -0.15) is 0 Å². The van der Waals surface area contributed by atoms with Gasteiger partial charge >= 0.3 is 0 Å². The molecule has 0 aliphatic heterocycles. The fourth-order valence-electron chi connectivity index (χ4n) is 1.76. The van der Waals surface area contributed by atoms with Gasteiger partial charge in [0, 0.05) is 24.2 Å². The SMILES string of the molecule is CCC(N)(CC)CNC(=O)Cc1ccc([N+](=O)[O-])cc1.Cl. The summed E-state index contributed by atoms with van der Waals surface area (Å²) in [5.41, 5.74) is 6.49. The number of non-ortho nitro benzene ring substituents is 1. The van der Waals surface area contributed by atoms with Crippen molar-refractivity contribution in [3.05, 3.63) is 39.9 Å². The van der Waals surface area contributed by atoms with Crippen LogP contribution in [-0.2, 0) is 11.2 Å². The first-order valence-electron chi connectivity index (χ1n) is 6.69. The van der Waals surface area contributed by atoms with Gasteiger partial charge in [0.25, 0.3) is 5.69 Å². The van der Waals surface area contributed by atoms with Crippen LogP contribution >= 0.6 is 12.4 Å². The lowest BCUT2D eigenvalue weighted by atomic mass is 9.94. The van der Waals surface area contributed by atoms with Gasteiger partial charge in [0.2, 0.25) is 5.91 Å². The highest BCUT2D eigenvalue weighted by Crippen LogP contribution is 2.13. The molecule has 0 aliphatic rings. The van der Waals surface area contributed by atoms with Crippen LogP contribution in [0.15, 0.2) is 24.3 Å². The summed E-state index contributed by atoms with van der Waals surface area (Å²) in [6, 6.07) is 5.97. The summed E-state index contributed by atoms with van der Waals surface area (Å²) >= 11 is 0. The van der Waals surface area contributed by atoms with Crippen LogP contribution < -0.4 is 11.1 Å². The Morgan fingerprint density at radius 3 is 2.24 bits per heavy atom. The average molecular weight is 316 g/mol. The molecule has 118 valence electrons. The molecule has 0 spiro atoms. The zero-order valence-corrected chi connectivity index (χ0v) is 13.1. The van der Waals surface area contributed by atoms with E-state index in [1.54, 1.807) is 12.1 Å². The van der Waals surface area contributed by atoms with Gasteiger partial charge in [0.1, 0.15) is 0 Å². The van der Waals surface area contributed by atoms with Gasteiger partial charge in [-0.3, -0.25) is 14.9 Å². The van der Waals surface area contributed by atoms with Crippen molar-refractivity contribution in [2.45, 2.75) is 38.6 Å². The van der Waals surface area contributed by atoms with E-state index in [1.807, 2.05) is 13.8 Å². The van der Waals surface area contributed by atoms with E-state index in [2.05, 4.69) is 5.32 Å². The van der Waals surface area contributed by atoms with Gasteiger partial charge in [0.15, 0.2) is 0 Å². The van der Waals surface area contributed by atoms with Crippen molar-refractivity contribution in [2.75, 3.05) is 6.54 Å². The molecule has 7 heteroatoms. The van der Waals surface area contributed by atoms with E-state index < -0.39 is 4.92 Å². The van der Waals surface area contributed by atoms with E-state index in [-0.39, 0.29) is 36.0 Å². The van der Waals surface area contributed by atoms with Gasteiger partial charge in [0.05, 0.1) is 11.3 Å². The second-order valence-electron chi connectivity index (χ2n) is 4.95. The number of rotatable bonds is 7. The molecule has 0 fully saturated rings. The van der Waals surface area contributed by atoms with Crippen molar-refractivity contribution in [1.82, 2.24) is 5.32 Å². The predicted octanol–water partition coefficient (Wildman–Crippen LogP) is 2.19. The van der Waals surface area contributed by atoms with Crippen molar-refractivity contribution < 1.29 is 9.72 Å². The number of hydrogen-bond acceptors (Lipinski definition) is 4. The number of carbonyl (C=O) groups is 1. The maximum absolute atomic E-state index is 11.8. The fraction of sp³-hybridized carbons (Fsp3) is 0.500. The largest absolute Gasteiger partial charge is 0.354 e. The van der Waals surface area contributed by atoms with Gasteiger partial charge in [-0.15, -0.1) is 12.4 Å². The molecule has 0 unspecified atom stereocenters. The summed E-state index contributed by atoms with van der Waals surface area (Å²) in [6.07, 6.45) is 1.78. The van der Waals surface area contributed by atoms with E-state index in [1.165, 1.54) is 12.1 Å². The van der Waals surface area contributed by atoms with Crippen molar-refractivity contribution in [2.24, 2.45) is 5.73 Å². The number of nitro benzene ring substituents is 1. The number of hydrogen-bond donors (Lipinski definition) is 2. The highest BCUT2D eigenvalue weighted by Gasteiger charge is 2.20. The number of nitrogens with two attached hydrogens (primary N) is 1. The molecule has 1 rings (SSSR count). The van der Waals surface area contributed by atoms with Crippen molar-refractivity contribution in [1.29, 1.82) is 0 Å². The lowest BCUT2D eigenvalue weighted by Gasteiger charge is -2.26. The number of benzene rings is 1. The van der Waals surface area contributed by atoms with Gasteiger partial charge in [-0.25, -0.2) is 0 Å². The van der Waals surface area contributed by atoms with Crippen LogP contribution in [0.1, 0.15) is 32.3 Å². The summed E-state index contributed by atoms with van der Waals surface area (Å²) in [6.45, 7) is 4.42. The zero-order valence-electron chi connectivity index (χ0n) is 12.3. The Bertz CT molecular complexity index is 473. The first-order chi connectivity index (χ1) is 9.40. The predicted molar refractivity (Wildman–Crippen MR) is 84.6 cm³/mol. The Hall–Kier alpha value is -1.66. The minimum Gasteiger partial charge on any atom is -0.354 e. The van der Waals surface area contributed by atoms with E-state index in [9.17, 15) is 14.9 Å². The zero-order chi connectivity index (χ0) is 15.2. The standard InChI is InChI=1S/C14H21N3O3.ClH/c1-3-14(15,4-2)10-16-13(18)9-11-5-7-12(8-6-11)17(19)20;/h5-8H,3-4,9-10,15H2,1-2H3,(H,16,18);1H. The third-order valence-electron chi connectivity index (χ3n) is 3.56. The molecule has 0 aromatic heterocycles. The normalized spacial score (nSPS) is 10.6. The second-order valence-corrected chi connectivity index (χ2v) is 4.95. The second kappa shape index (κ2) is 8.59. The van der Waals surface area contributed by atoms with Crippen LogP contribution in [0.3, 0.4) is 0 Å². The van der Waals surface area contributed by atoms with Crippen molar-refractivity contribution >= 4 is 24.0 Å². The lowest BCUT2D eigenvalue weighted by molar-refractivity contribution is -0.384. The topological polar surface area (TPSA) is 98.3 Å². The summed E-state index contributed by atoms with van der Waals surface area (Å²) in [7, 11) is 0. The quantitative estimate of drug-likeness (QED) is 0.595. The van der Waals surface area contributed by atoms with Crippen LogP contribution in [0.5, 0.6) is 0 Å². The highest BCUT2D eigenvalue weighted by atomic mass is 35.5. The smallest absolute Gasteiger partial charge is 0.269 e. The summed E-state index contributed by atoms with van der Waals surface area (Å²) in [5, 5.41) is 13.3. The molecule has 0 saturated carbocycles. The molecule has 0 radical (unpaired) electrons. The van der Waals surface area contributed by atoms with Crippen LogP contribution in [0, 0.1) is 10.1 Å². The first kappa shape index (κ1) is 19.3. The maximum Gasteiger partial charge on any atom is 0.269 e. The van der Waals surface area contributed by atoms with Crippen molar-refractivity contribution in [3.63, 3.8) is 0 Å². The van der Waals surface area contributed by atoms with Gasteiger partial charge in [-0.1, -0.05) is 26.0 Å². The molecule has 0 saturated heterocycles. The monoisotopic (exact) mass is 315 g/mol. The Morgan fingerprint density at radius 1 is 1.29 bits per heavy atom. The first-order valence-corrected chi connectivity index (χ1v) is 6.69. The number of nitro groups is 1. The number of carbonyl (C=O) groups excluding carboxylic acids is 1. The van der Waals surface area contributed by atoms with E-state index in [0.717, 1.165) is 18.4 Å². The third-order valence-corrected chi connectivity index (χ3v) is 3.56. The molecular weight excluding hydrogens is 294 g/mol. The van der Waals surface area contributed by atoms with Crippen molar-refractivity contribution in [3.8, 4) is 0 Å². The maximum atomic E-state index is 11.8. The molecular formula is C14H22ClN3O3. The average Bonchev–Trinajstić information content (AvgIpc) is 2.45. The van der Waals surface area contributed by atoms with E-state index in [0.29, 0.717) is 6.54 Å². The minimum atomic E-state index is -0.463. The Balaban J connectivity index is 0.00000400. The fourth-order valence-corrected chi connectivity index (χ4v) is 1.76. The lowest BCUT2D eigenvalue weighted by Crippen LogP contribution is -2.49. The summed E-state index contributed by atoms with van der Waals surface area (Å²) < 4.78 is 0. The molecule has 6 nitrogen and oxygen atoms in total. The number of halogens is 1.